The van der Waals surface area contributed by atoms with Gasteiger partial charge in [-0.3, -0.25) is 0 Å². The third kappa shape index (κ3) is 3.48. The highest BCUT2D eigenvalue weighted by molar-refractivity contribution is 5.38. The summed E-state index contributed by atoms with van der Waals surface area (Å²) in [6.45, 7) is 4.05. The van der Waals surface area contributed by atoms with Crippen LogP contribution in [0, 0.1) is 6.92 Å². The van der Waals surface area contributed by atoms with Crippen LogP contribution in [0.1, 0.15) is 29.7 Å². The summed E-state index contributed by atoms with van der Waals surface area (Å²) < 4.78 is 5.72. The average Bonchev–Trinajstić information content (AvgIpc) is 2.37. The number of rotatable bonds is 4. The van der Waals surface area contributed by atoms with E-state index in [-0.39, 0.29) is 5.75 Å². The molecule has 0 saturated heterocycles. The summed E-state index contributed by atoms with van der Waals surface area (Å²) in [7, 11) is 0. The van der Waals surface area contributed by atoms with E-state index in [9.17, 15) is 10.2 Å². The van der Waals surface area contributed by atoms with Crippen LogP contribution in [0.5, 0.6) is 11.5 Å². The van der Waals surface area contributed by atoms with Crippen LogP contribution in [0.3, 0.4) is 0 Å². The second-order valence-electron chi connectivity index (χ2n) is 4.68. The monoisotopic (exact) mass is 258 g/mol. The van der Waals surface area contributed by atoms with Gasteiger partial charge in [-0.15, -0.1) is 0 Å². The average molecular weight is 258 g/mol. The first kappa shape index (κ1) is 13.4. The van der Waals surface area contributed by atoms with Crippen LogP contribution in [0.15, 0.2) is 42.5 Å². The van der Waals surface area contributed by atoms with Gasteiger partial charge < -0.3 is 14.9 Å². The molecule has 0 aliphatic carbocycles. The fourth-order valence-corrected chi connectivity index (χ4v) is 1.93. The normalized spacial score (nSPS) is 12.2. The molecule has 3 nitrogen and oxygen atoms in total. The summed E-state index contributed by atoms with van der Waals surface area (Å²) in [5.74, 6) is 0.893. The van der Waals surface area contributed by atoms with Gasteiger partial charge in [-0.2, -0.15) is 0 Å². The molecule has 100 valence electrons. The minimum Gasteiger partial charge on any atom is -0.508 e. The zero-order chi connectivity index (χ0) is 13.8. The Labute approximate surface area is 113 Å². The fraction of sp³-hybridized carbons (Fsp3) is 0.250. The molecule has 0 fully saturated rings. The quantitative estimate of drug-likeness (QED) is 0.884. The standard InChI is InChI=1S/C16H18O3/c1-11-6-7-16(15(8-11)12(2)17)19-10-13-4-3-5-14(18)9-13/h3-9,12,17-18H,10H2,1-2H3. The molecule has 0 aliphatic heterocycles. The maximum atomic E-state index is 9.75. The lowest BCUT2D eigenvalue weighted by atomic mass is 10.1. The Balaban J connectivity index is 2.15. The van der Waals surface area contributed by atoms with Crippen molar-refractivity contribution in [1.29, 1.82) is 0 Å². The lowest BCUT2D eigenvalue weighted by Crippen LogP contribution is -2.01. The number of ether oxygens (including phenoxy) is 1. The minimum atomic E-state index is -0.570. The lowest BCUT2D eigenvalue weighted by molar-refractivity contribution is 0.190. The smallest absolute Gasteiger partial charge is 0.125 e. The van der Waals surface area contributed by atoms with Crippen LogP contribution in [-0.4, -0.2) is 10.2 Å². The number of aromatic hydroxyl groups is 1. The van der Waals surface area contributed by atoms with E-state index in [2.05, 4.69) is 0 Å². The van der Waals surface area contributed by atoms with Crippen molar-refractivity contribution in [3.63, 3.8) is 0 Å². The molecule has 1 unspecified atom stereocenters. The summed E-state index contributed by atoms with van der Waals surface area (Å²) in [4.78, 5) is 0. The predicted octanol–water partition coefficient (Wildman–Crippen LogP) is 3.33. The van der Waals surface area contributed by atoms with E-state index in [1.807, 2.05) is 31.2 Å². The lowest BCUT2D eigenvalue weighted by Gasteiger charge is -2.14. The van der Waals surface area contributed by atoms with Crippen LogP contribution < -0.4 is 4.74 Å². The van der Waals surface area contributed by atoms with Gasteiger partial charge in [0.1, 0.15) is 18.1 Å². The van der Waals surface area contributed by atoms with Crippen LogP contribution in [-0.2, 0) is 6.61 Å². The highest BCUT2D eigenvalue weighted by atomic mass is 16.5. The van der Waals surface area contributed by atoms with Crippen molar-refractivity contribution in [2.45, 2.75) is 26.6 Å². The van der Waals surface area contributed by atoms with Gasteiger partial charge in [0.2, 0.25) is 0 Å². The fourth-order valence-electron chi connectivity index (χ4n) is 1.93. The highest BCUT2D eigenvalue weighted by Gasteiger charge is 2.09. The van der Waals surface area contributed by atoms with Crippen LogP contribution in [0.2, 0.25) is 0 Å². The largest absolute Gasteiger partial charge is 0.508 e. The minimum absolute atomic E-state index is 0.223. The van der Waals surface area contributed by atoms with Crippen molar-refractivity contribution in [2.24, 2.45) is 0 Å². The van der Waals surface area contributed by atoms with E-state index in [1.165, 1.54) is 0 Å². The number of aliphatic hydroxyl groups is 1. The molecule has 0 amide bonds. The van der Waals surface area contributed by atoms with Crippen LogP contribution in [0.25, 0.3) is 0 Å². The van der Waals surface area contributed by atoms with Crippen molar-refractivity contribution in [2.75, 3.05) is 0 Å². The number of benzene rings is 2. The van der Waals surface area contributed by atoms with E-state index >= 15 is 0 Å². The first-order chi connectivity index (χ1) is 9.06. The van der Waals surface area contributed by atoms with Gasteiger partial charge in [0.25, 0.3) is 0 Å². The van der Waals surface area contributed by atoms with Crippen molar-refractivity contribution < 1.29 is 14.9 Å². The zero-order valence-corrected chi connectivity index (χ0v) is 11.1. The molecule has 2 rings (SSSR count). The van der Waals surface area contributed by atoms with E-state index in [1.54, 1.807) is 25.1 Å². The van der Waals surface area contributed by atoms with Crippen molar-refractivity contribution in [1.82, 2.24) is 0 Å². The summed E-state index contributed by atoms with van der Waals surface area (Å²) in [6.07, 6.45) is -0.570. The molecule has 2 N–H and O–H groups in total. The molecule has 2 aromatic rings. The Kier molecular flexibility index (Phi) is 4.07. The second-order valence-corrected chi connectivity index (χ2v) is 4.68. The van der Waals surface area contributed by atoms with Gasteiger partial charge in [-0.05, 0) is 43.7 Å². The Hall–Kier alpha value is -2.00. The molecule has 0 aliphatic rings. The third-order valence-electron chi connectivity index (χ3n) is 2.92. The number of hydrogen-bond donors (Lipinski definition) is 2. The molecule has 0 bridgehead atoms. The molecule has 0 aromatic heterocycles. The zero-order valence-electron chi connectivity index (χ0n) is 11.1. The third-order valence-corrected chi connectivity index (χ3v) is 2.92. The number of phenolic OH excluding ortho intramolecular Hbond substituents is 1. The molecule has 0 radical (unpaired) electrons. The van der Waals surface area contributed by atoms with Crippen molar-refractivity contribution >= 4 is 0 Å². The maximum absolute atomic E-state index is 9.75. The molecular formula is C16H18O3. The SMILES string of the molecule is Cc1ccc(OCc2cccc(O)c2)c(C(C)O)c1. The molecule has 1 atom stereocenters. The van der Waals surface area contributed by atoms with Gasteiger partial charge in [0.05, 0.1) is 6.10 Å². The highest BCUT2D eigenvalue weighted by Crippen LogP contribution is 2.27. The van der Waals surface area contributed by atoms with E-state index in [0.29, 0.717) is 12.4 Å². The molecule has 3 heteroatoms. The first-order valence-electron chi connectivity index (χ1n) is 6.25. The summed E-state index contributed by atoms with van der Waals surface area (Å²) >= 11 is 0. The van der Waals surface area contributed by atoms with E-state index in [0.717, 1.165) is 16.7 Å². The summed E-state index contributed by atoms with van der Waals surface area (Å²) in [6, 6.07) is 12.7. The Morgan fingerprint density at radius 1 is 1.16 bits per heavy atom. The van der Waals surface area contributed by atoms with Gasteiger partial charge in [0.15, 0.2) is 0 Å². The molecule has 2 aromatic carbocycles. The summed E-state index contributed by atoms with van der Waals surface area (Å²) in [5, 5.41) is 19.1. The van der Waals surface area contributed by atoms with Gasteiger partial charge in [0, 0.05) is 5.56 Å². The number of aliphatic hydroxyl groups excluding tert-OH is 1. The van der Waals surface area contributed by atoms with E-state index in [4.69, 9.17) is 4.74 Å². The predicted molar refractivity (Wildman–Crippen MR) is 74.3 cm³/mol. The molecule has 0 heterocycles. The summed E-state index contributed by atoms with van der Waals surface area (Å²) in [5.41, 5.74) is 2.75. The Bertz CT molecular complexity index is 562. The van der Waals surface area contributed by atoms with Gasteiger partial charge in [-0.25, -0.2) is 0 Å². The molecule has 0 spiro atoms. The number of phenols is 1. The molecular weight excluding hydrogens is 240 g/mol. The topological polar surface area (TPSA) is 49.7 Å². The van der Waals surface area contributed by atoms with Gasteiger partial charge >= 0.3 is 0 Å². The van der Waals surface area contributed by atoms with E-state index < -0.39 is 6.10 Å². The Morgan fingerprint density at radius 3 is 2.63 bits per heavy atom. The Morgan fingerprint density at radius 2 is 1.95 bits per heavy atom. The van der Waals surface area contributed by atoms with Crippen LogP contribution in [0.4, 0.5) is 0 Å². The maximum Gasteiger partial charge on any atom is 0.125 e. The molecule has 19 heavy (non-hydrogen) atoms. The van der Waals surface area contributed by atoms with Gasteiger partial charge in [-0.1, -0.05) is 23.8 Å². The van der Waals surface area contributed by atoms with Crippen molar-refractivity contribution in [3.05, 3.63) is 59.2 Å². The second kappa shape index (κ2) is 5.76. The van der Waals surface area contributed by atoms with Crippen LogP contribution >= 0.6 is 0 Å². The first-order valence-corrected chi connectivity index (χ1v) is 6.25. The number of hydrogen-bond acceptors (Lipinski definition) is 3. The number of aryl methyl sites for hydroxylation is 1. The molecule has 0 saturated carbocycles. The van der Waals surface area contributed by atoms with Crippen molar-refractivity contribution in [3.8, 4) is 11.5 Å².